The van der Waals surface area contributed by atoms with Crippen molar-refractivity contribution in [3.63, 3.8) is 0 Å². The van der Waals surface area contributed by atoms with Gasteiger partial charge >= 0.3 is 5.69 Å². The van der Waals surface area contributed by atoms with Crippen molar-refractivity contribution in [2.45, 2.75) is 18.9 Å². The van der Waals surface area contributed by atoms with Gasteiger partial charge in [-0.2, -0.15) is 0 Å². The highest BCUT2D eigenvalue weighted by atomic mass is 16.2. The second kappa shape index (κ2) is 7.80. The lowest BCUT2D eigenvalue weighted by Gasteiger charge is -2.32. The molecule has 1 aliphatic rings. The van der Waals surface area contributed by atoms with Crippen LogP contribution in [0.5, 0.6) is 0 Å². The fourth-order valence-corrected chi connectivity index (χ4v) is 3.86. The number of rotatable bonds is 5. The minimum Gasteiger partial charge on any atom is -0.351 e. The Bertz CT molecular complexity index is 969. The summed E-state index contributed by atoms with van der Waals surface area (Å²) in [6, 6.07) is 17.4. The van der Waals surface area contributed by atoms with Gasteiger partial charge < -0.3 is 15.2 Å². The summed E-state index contributed by atoms with van der Waals surface area (Å²) in [5.74, 6) is -0.0316. The molecule has 1 aromatic heterocycles. The van der Waals surface area contributed by atoms with Gasteiger partial charge in [-0.25, -0.2) is 4.79 Å². The Labute approximate surface area is 157 Å². The number of carbonyl (C=O) groups excluding carboxylic acids is 1. The normalized spacial score (nSPS) is 15.9. The van der Waals surface area contributed by atoms with E-state index in [9.17, 15) is 9.59 Å². The van der Waals surface area contributed by atoms with Crippen molar-refractivity contribution in [1.29, 1.82) is 0 Å². The molecule has 2 heterocycles. The van der Waals surface area contributed by atoms with E-state index >= 15 is 0 Å². The molecule has 3 aromatic rings. The number of likely N-dealkylation sites (tertiary alicyclic amines) is 1. The summed E-state index contributed by atoms with van der Waals surface area (Å²) in [4.78, 5) is 29.7. The number of carbonyl (C=O) groups is 1. The largest absolute Gasteiger partial charge is 0.351 e. The SMILES string of the molecule is O=C(NCCN1CCC(n2c(=O)[nH]c3ccccc32)CC1)c1ccccc1. The molecule has 6 nitrogen and oxygen atoms in total. The number of hydrogen-bond acceptors (Lipinski definition) is 3. The molecule has 0 unspecified atom stereocenters. The summed E-state index contributed by atoms with van der Waals surface area (Å²) >= 11 is 0. The van der Waals surface area contributed by atoms with Crippen LogP contribution < -0.4 is 11.0 Å². The van der Waals surface area contributed by atoms with E-state index in [1.54, 1.807) is 0 Å². The number of H-pyrrole nitrogens is 1. The zero-order valence-corrected chi connectivity index (χ0v) is 15.2. The zero-order valence-electron chi connectivity index (χ0n) is 15.2. The molecule has 1 fully saturated rings. The molecule has 0 saturated carbocycles. The van der Waals surface area contributed by atoms with Crippen LogP contribution in [0.3, 0.4) is 0 Å². The predicted octanol–water partition coefficient (Wildman–Crippen LogP) is 2.40. The fourth-order valence-electron chi connectivity index (χ4n) is 3.86. The van der Waals surface area contributed by atoms with E-state index in [1.807, 2.05) is 59.2 Å². The van der Waals surface area contributed by atoms with Crippen LogP contribution in [0.25, 0.3) is 11.0 Å². The predicted molar refractivity (Wildman–Crippen MR) is 106 cm³/mol. The lowest BCUT2D eigenvalue weighted by Crippen LogP contribution is -2.41. The third-order valence-corrected chi connectivity index (χ3v) is 5.30. The maximum Gasteiger partial charge on any atom is 0.326 e. The standard InChI is InChI=1S/C21H24N4O2/c26-20(16-6-2-1-3-7-16)22-12-15-24-13-10-17(11-14-24)25-19-9-5-4-8-18(19)23-21(25)27/h1-9,17H,10-15H2,(H,22,26)(H,23,27). The van der Waals surface area contributed by atoms with Gasteiger partial charge in [-0.1, -0.05) is 30.3 Å². The molecular formula is C21H24N4O2. The average molecular weight is 364 g/mol. The Kier molecular flexibility index (Phi) is 5.07. The van der Waals surface area contributed by atoms with Gasteiger partial charge in [-0.05, 0) is 37.1 Å². The van der Waals surface area contributed by atoms with Crippen LogP contribution >= 0.6 is 0 Å². The van der Waals surface area contributed by atoms with Crippen molar-refractivity contribution >= 4 is 16.9 Å². The van der Waals surface area contributed by atoms with Gasteiger partial charge in [0.1, 0.15) is 0 Å². The lowest BCUT2D eigenvalue weighted by atomic mass is 10.0. The van der Waals surface area contributed by atoms with E-state index in [-0.39, 0.29) is 17.6 Å². The molecule has 0 spiro atoms. The van der Waals surface area contributed by atoms with Gasteiger partial charge in [0.15, 0.2) is 0 Å². The number of fused-ring (bicyclic) bond motifs is 1. The van der Waals surface area contributed by atoms with Crippen molar-refractivity contribution in [3.8, 4) is 0 Å². The van der Waals surface area contributed by atoms with Crippen molar-refractivity contribution in [3.05, 3.63) is 70.6 Å². The van der Waals surface area contributed by atoms with Crippen molar-refractivity contribution in [2.75, 3.05) is 26.2 Å². The molecule has 1 amide bonds. The van der Waals surface area contributed by atoms with E-state index in [1.165, 1.54) is 0 Å². The van der Waals surface area contributed by atoms with Crippen molar-refractivity contribution in [2.24, 2.45) is 0 Å². The molecule has 0 atom stereocenters. The summed E-state index contributed by atoms with van der Waals surface area (Å²) < 4.78 is 1.91. The molecular weight excluding hydrogens is 340 g/mol. The van der Waals surface area contributed by atoms with Crippen LogP contribution in [0.15, 0.2) is 59.4 Å². The maximum absolute atomic E-state index is 12.3. The van der Waals surface area contributed by atoms with Gasteiger partial charge in [-0.15, -0.1) is 0 Å². The molecule has 2 aromatic carbocycles. The first-order chi connectivity index (χ1) is 13.2. The van der Waals surface area contributed by atoms with Crippen LogP contribution in [0, 0.1) is 0 Å². The highest BCUT2D eigenvalue weighted by molar-refractivity contribution is 5.94. The van der Waals surface area contributed by atoms with E-state index in [2.05, 4.69) is 15.2 Å². The first kappa shape index (κ1) is 17.5. The Morgan fingerprint density at radius 1 is 1.04 bits per heavy atom. The van der Waals surface area contributed by atoms with Gasteiger partial charge in [-0.3, -0.25) is 9.36 Å². The van der Waals surface area contributed by atoms with Gasteiger partial charge in [0, 0.05) is 37.8 Å². The smallest absolute Gasteiger partial charge is 0.326 e. The third kappa shape index (κ3) is 3.80. The number of aromatic nitrogens is 2. The lowest BCUT2D eigenvalue weighted by molar-refractivity contribution is 0.0944. The topological polar surface area (TPSA) is 70.1 Å². The number of nitrogens with zero attached hydrogens (tertiary/aromatic N) is 2. The molecule has 0 bridgehead atoms. The Morgan fingerprint density at radius 2 is 1.74 bits per heavy atom. The number of nitrogens with one attached hydrogen (secondary N) is 2. The number of aromatic amines is 1. The molecule has 4 rings (SSSR count). The van der Waals surface area contributed by atoms with Crippen molar-refractivity contribution in [1.82, 2.24) is 19.8 Å². The molecule has 1 aliphatic heterocycles. The Balaban J connectivity index is 1.30. The second-order valence-corrected chi connectivity index (χ2v) is 7.01. The van der Waals surface area contributed by atoms with Gasteiger partial charge in [0.05, 0.1) is 11.0 Å². The maximum atomic E-state index is 12.3. The number of benzene rings is 2. The summed E-state index contributed by atoms with van der Waals surface area (Å²) in [6.45, 7) is 3.31. The summed E-state index contributed by atoms with van der Waals surface area (Å²) in [5.41, 5.74) is 2.55. The fraction of sp³-hybridized carbons (Fsp3) is 0.333. The molecule has 140 valence electrons. The Hall–Kier alpha value is -2.86. The average Bonchev–Trinajstić information content (AvgIpc) is 3.05. The van der Waals surface area contributed by atoms with Gasteiger partial charge in [0.2, 0.25) is 0 Å². The summed E-state index contributed by atoms with van der Waals surface area (Å²) in [6.07, 6.45) is 1.88. The van der Waals surface area contributed by atoms with Crippen LogP contribution in [-0.2, 0) is 0 Å². The molecule has 0 radical (unpaired) electrons. The first-order valence-electron chi connectivity index (χ1n) is 9.47. The molecule has 27 heavy (non-hydrogen) atoms. The number of para-hydroxylation sites is 2. The number of imidazole rings is 1. The number of amides is 1. The zero-order chi connectivity index (χ0) is 18.6. The monoisotopic (exact) mass is 364 g/mol. The highest BCUT2D eigenvalue weighted by Crippen LogP contribution is 2.24. The van der Waals surface area contributed by atoms with Crippen LogP contribution in [-0.4, -0.2) is 46.5 Å². The van der Waals surface area contributed by atoms with E-state index in [4.69, 9.17) is 0 Å². The minimum absolute atomic E-state index is 0.0234. The minimum atomic E-state index is -0.0316. The van der Waals surface area contributed by atoms with Crippen LogP contribution in [0.4, 0.5) is 0 Å². The second-order valence-electron chi connectivity index (χ2n) is 7.01. The summed E-state index contributed by atoms with van der Waals surface area (Å²) in [5, 5.41) is 2.98. The van der Waals surface area contributed by atoms with E-state index in [0.29, 0.717) is 12.1 Å². The number of piperidine rings is 1. The molecule has 1 saturated heterocycles. The van der Waals surface area contributed by atoms with E-state index < -0.39 is 0 Å². The Morgan fingerprint density at radius 3 is 2.52 bits per heavy atom. The van der Waals surface area contributed by atoms with Gasteiger partial charge in [0.25, 0.3) is 5.91 Å². The quantitative estimate of drug-likeness (QED) is 0.730. The van der Waals surface area contributed by atoms with E-state index in [0.717, 1.165) is 43.5 Å². The van der Waals surface area contributed by atoms with Crippen molar-refractivity contribution < 1.29 is 4.79 Å². The molecule has 2 N–H and O–H groups in total. The molecule has 6 heteroatoms. The number of hydrogen-bond donors (Lipinski definition) is 2. The summed E-state index contributed by atoms with van der Waals surface area (Å²) in [7, 11) is 0. The van der Waals surface area contributed by atoms with Crippen LogP contribution in [0.2, 0.25) is 0 Å². The molecule has 0 aliphatic carbocycles. The third-order valence-electron chi connectivity index (χ3n) is 5.30. The highest BCUT2D eigenvalue weighted by Gasteiger charge is 2.23. The van der Waals surface area contributed by atoms with Crippen LogP contribution in [0.1, 0.15) is 29.2 Å². The first-order valence-corrected chi connectivity index (χ1v) is 9.47.